The van der Waals surface area contributed by atoms with Crippen LogP contribution < -0.4 is 10.6 Å². The van der Waals surface area contributed by atoms with E-state index in [0.717, 1.165) is 31.2 Å². The highest BCUT2D eigenvalue weighted by molar-refractivity contribution is 5.98. The summed E-state index contributed by atoms with van der Waals surface area (Å²) in [7, 11) is 0. The number of aryl methyl sites for hydroxylation is 3. The van der Waals surface area contributed by atoms with Crippen LogP contribution in [0.3, 0.4) is 0 Å². The maximum Gasteiger partial charge on any atom is 0.251 e. The van der Waals surface area contributed by atoms with E-state index in [1.807, 2.05) is 19.9 Å². The predicted molar refractivity (Wildman–Crippen MR) is 96.9 cm³/mol. The minimum atomic E-state index is -0.150. The largest absolute Gasteiger partial charge is 0.349 e. The van der Waals surface area contributed by atoms with Crippen molar-refractivity contribution in [3.05, 3.63) is 41.0 Å². The first-order valence-electron chi connectivity index (χ1n) is 9.08. The van der Waals surface area contributed by atoms with Crippen LogP contribution in [-0.4, -0.2) is 28.0 Å². The molecule has 138 valence electrons. The van der Waals surface area contributed by atoms with Gasteiger partial charge in [0.1, 0.15) is 0 Å². The molecule has 7 heteroatoms. The summed E-state index contributed by atoms with van der Waals surface area (Å²) < 4.78 is 5.14. The Kier molecular flexibility index (Phi) is 5.65. The van der Waals surface area contributed by atoms with E-state index in [2.05, 4.69) is 20.8 Å². The Bertz CT molecular complexity index is 796. The van der Waals surface area contributed by atoms with Crippen LogP contribution in [0.25, 0.3) is 0 Å². The van der Waals surface area contributed by atoms with E-state index in [-0.39, 0.29) is 18.2 Å². The van der Waals surface area contributed by atoms with Gasteiger partial charge in [-0.3, -0.25) is 9.59 Å². The zero-order chi connectivity index (χ0) is 18.5. The Balaban J connectivity index is 1.56. The number of anilines is 1. The number of amides is 2. The van der Waals surface area contributed by atoms with Crippen molar-refractivity contribution in [2.75, 3.05) is 5.32 Å². The molecule has 7 nitrogen and oxygen atoms in total. The van der Waals surface area contributed by atoms with Crippen LogP contribution >= 0.6 is 0 Å². The summed E-state index contributed by atoms with van der Waals surface area (Å²) in [5.41, 5.74) is 2.11. The highest BCUT2D eigenvalue weighted by Gasteiger charge is 2.24. The Morgan fingerprint density at radius 3 is 2.81 bits per heavy atom. The molecule has 0 aliphatic heterocycles. The van der Waals surface area contributed by atoms with Gasteiger partial charge in [-0.2, -0.15) is 4.98 Å². The number of hydrogen-bond donors (Lipinski definition) is 2. The predicted octanol–water partition coefficient (Wildman–Crippen LogP) is 2.79. The Hall–Kier alpha value is -2.70. The number of nitrogens with zero attached hydrogens (tertiary/aromatic N) is 2. The van der Waals surface area contributed by atoms with Gasteiger partial charge in [0.25, 0.3) is 5.91 Å². The molecule has 0 radical (unpaired) electrons. The summed E-state index contributed by atoms with van der Waals surface area (Å²) in [6, 6.07) is 5.63. The summed E-state index contributed by atoms with van der Waals surface area (Å²) in [5, 5.41) is 9.70. The van der Waals surface area contributed by atoms with Crippen LogP contribution in [0.4, 0.5) is 5.69 Å². The number of aromatic nitrogens is 2. The van der Waals surface area contributed by atoms with Gasteiger partial charge in [-0.15, -0.1) is 0 Å². The van der Waals surface area contributed by atoms with Gasteiger partial charge < -0.3 is 15.2 Å². The molecule has 1 aliphatic carbocycles. The Morgan fingerprint density at radius 2 is 2.08 bits per heavy atom. The lowest BCUT2D eigenvalue weighted by Crippen LogP contribution is -2.25. The van der Waals surface area contributed by atoms with E-state index in [4.69, 9.17) is 4.52 Å². The van der Waals surface area contributed by atoms with E-state index in [9.17, 15) is 9.59 Å². The lowest BCUT2D eigenvalue weighted by molar-refractivity contribution is -0.116. The topological polar surface area (TPSA) is 97.1 Å². The van der Waals surface area contributed by atoms with Crippen molar-refractivity contribution in [2.45, 2.75) is 58.4 Å². The first-order chi connectivity index (χ1) is 12.5. The van der Waals surface area contributed by atoms with Gasteiger partial charge in [-0.1, -0.05) is 18.1 Å². The minimum absolute atomic E-state index is 0.0997. The first kappa shape index (κ1) is 18.1. The average Bonchev–Trinajstić information content (AvgIpc) is 3.31. The molecule has 1 aliphatic rings. The Morgan fingerprint density at radius 1 is 1.27 bits per heavy atom. The molecule has 1 aromatic heterocycles. The normalized spacial score (nSPS) is 13.5. The number of nitrogens with one attached hydrogen (secondary N) is 2. The number of carbonyl (C=O) groups is 2. The second-order valence-electron chi connectivity index (χ2n) is 6.68. The summed E-state index contributed by atoms with van der Waals surface area (Å²) >= 11 is 0. The lowest BCUT2D eigenvalue weighted by atomic mass is 10.1. The molecule has 2 aromatic rings. The van der Waals surface area contributed by atoms with Gasteiger partial charge >= 0.3 is 0 Å². The Labute approximate surface area is 152 Å². The van der Waals surface area contributed by atoms with E-state index >= 15 is 0 Å². The maximum atomic E-state index is 12.2. The highest BCUT2D eigenvalue weighted by atomic mass is 16.5. The zero-order valence-electron chi connectivity index (χ0n) is 15.2. The molecule has 1 heterocycles. The third kappa shape index (κ3) is 4.91. The fraction of sp³-hybridized carbons (Fsp3) is 0.474. The fourth-order valence-electron chi connectivity index (χ4n) is 2.54. The van der Waals surface area contributed by atoms with Gasteiger partial charge in [-0.25, -0.2) is 0 Å². The standard InChI is InChI=1S/C19H24N4O3/c1-3-4-16-22-18(26-23-16)10-9-17(24)21-15-11-13(6-5-12(15)2)19(25)20-14-7-8-14/h5-6,11,14H,3-4,7-10H2,1-2H3,(H,20,25)(H,21,24). The summed E-state index contributed by atoms with van der Waals surface area (Å²) in [6.07, 6.45) is 4.43. The van der Waals surface area contributed by atoms with Crippen molar-refractivity contribution in [1.29, 1.82) is 0 Å². The molecular formula is C19H24N4O3. The molecule has 0 spiro atoms. The van der Waals surface area contributed by atoms with Gasteiger partial charge in [-0.05, 0) is 43.9 Å². The number of benzene rings is 1. The first-order valence-corrected chi connectivity index (χ1v) is 9.08. The maximum absolute atomic E-state index is 12.2. The molecule has 0 unspecified atom stereocenters. The summed E-state index contributed by atoms with van der Waals surface area (Å²) in [6.45, 7) is 3.94. The second kappa shape index (κ2) is 8.12. The number of rotatable bonds is 8. The van der Waals surface area contributed by atoms with Crippen LogP contribution in [0.1, 0.15) is 60.2 Å². The summed E-state index contributed by atoms with van der Waals surface area (Å²) in [5.74, 6) is 0.895. The monoisotopic (exact) mass is 356 g/mol. The fourth-order valence-corrected chi connectivity index (χ4v) is 2.54. The third-order valence-corrected chi connectivity index (χ3v) is 4.24. The zero-order valence-corrected chi connectivity index (χ0v) is 15.2. The van der Waals surface area contributed by atoms with Crippen molar-refractivity contribution in [1.82, 2.24) is 15.5 Å². The van der Waals surface area contributed by atoms with E-state index in [1.54, 1.807) is 12.1 Å². The van der Waals surface area contributed by atoms with Crippen molar-refractivity contribution in [2.24, 2.45) is 0 Å². The van der Waals surface area contributed by atoms with Gasteiger partial charge in [0, 0.05) is 36.6 Å². The van der Waals surface area contributed by atoms with Crippen LogP contribution in [-0.2, 0) is 17.6 Å². The molecule has 1 fully saturated rings. The molecule has 1 aromatic carbocycles. The van der Waals surface area contributed by atoms with Gasteiger partial charge in [0.15, 0.2) is 5.82 Å². The van der Waals surface area contributed by atoms with Crippen LogP contribution in [0.5, 0.6) is 0 Å². The van der Waals surface area contributed by atoms with Gasteiger partial charge in [0.05, 0.1) is 0 Å². The molecule has 0 bridgehead atoms. The van der Waals surface area contributed by atoms with Crippen LogP contribution in [0.2, 0.25) is 0 Å². The molecule has 3 rings (SSSR count). The molecule has 26 heavy (non-hydrogen) atoms. The quantitative estimate of drug-likeness (QED) is 0.758. The van der Waals surface area contributed by atoms with Crippen LogP contribution in [0.15, 0.2) is 22.7 Å². The number of carbonyl (C=O) groups excluding carboxylic acids is 2. The van der Waals surface area contributed by atoms with E-state index in [1.165, 1.54) is 0 Å². The molecule has 1 saturated carbocycles. The minimum Gasteiger partial charge on any atom is -0.349 e. The van der Waals surface area contributed by atoms with Crippen molar-refractivity contribution in [3.63, 3.8) is 0 Å². The molecule has 0 atom stereocenters. The highest BCUT2D eigenvalue weighted by Crippen LogP contribution is 2.21. The molecular weight excluding hydrogens is 332 g/mol. The lowest BCUT2D eigenvalue weighted by Gasteiger charge is -2.10. The smallest absolute Gasteiger partial charge is 0.251 e. The summed E-state index contributed by atoms with van der Waals surface area (Å²) in [4.78, 5) is 28.7. The van der Waals surface area contributed by atoms with E-state index in [0.29, 0.717) is 35.4 Å². The van der Waals surface area contributed by atoms with Crippen LogP contribution in [0, 0.1) is 6.92 Å². The SMILES string of the molecule is CCCc1noc(CCC(=O)Nc2cc(C(=O)NC3CC3)ccc2C)n1. The van der Waals surface area contributed by atoms with Gasteiger partial charge in [0.2, 0.25) is 11.8 Å². The van der Waals surface area contributed by atoms with Crippen molar-refractivity contribution >= 4 is 17.5 Å². The molecule has 2 N–H and O–H groups in total. The molecule has 2 amide bonds. The van der Waals surface area contributed by atoms with E-state index < -0.39 is 0 Å². The van der Waals surface area contributed by atoms with Crippen molar-refractivity contribution < 1.29 is 14.1 Å². The van der Waals surface area contributed by atoms with Crippen molar-refractivity contribution in [3.8, 4) is 0 Å². The third-order valence-electron chi connectivity index (χ3n) is 4.24. The number of hydrogen-bond acceptors (Lipinski definition) is 5. The average molecular weight is 356 g/mol. The second-order valence-corrected chi connectivity index (χ2v) is 6.68. The molecule has 0 saturated heterocycles.